The number of rotatable bonds is 3. The van der Waals surface area contributed by atoms with Gasteiger partial charge in [-0.15, -0.1) is 0 Å². The fourth-order valence-corrected chi connectivity index (χ4v) is 1.63. The molecule has 1 aromatic carbocycles. The molecule has 1 amide bonds. The van der Waals surface area contributed by atoms with E-state index in [1.54, 1.807) is 37.4 Å². The first-order chi connectivity index (χ1) is 9.13. The van der Waals surface area contributed by atoms with Crippen molar-refractivity contribution >= 4 is 17.4 Å². The molecular formula is C13H13N3O3. The van der Waals surface area contributed by atoms with Gasteiger partial charge in [0.2, 0.25) is 0 Å². The number of amides is 1. The normalized spacial score (nSPS) is 11.3. The average molecular weight is 259 g/mol. The molecular weight excluding hydrogens is 246 g/mol. The summed E-state index contributed by atoms with van der Waals surface area (Å²) in [4.78, 5) is 13.6. The number of furan rings is 1. The van der Waals surface area contributed by atoms with Crippen molar-refractivity contribution in [2.45, 2.75) is 0 Å². The van der Waals surface area contributed by atoms with Gasteiger partial charge in [-0.05, 0) is 18.2 Å². The molecule has 6 nitrogen and oxygen atoms in total. The molecule has 0 aliphatic rings. The third kappa shape index (κ3) is 2.57. The zero-order valence-corrected chi connectivity index (χ0v) is 10.3. The van der Waals surface area contributed by atoms with Crippen molar-refractivity contribution < 1.29 is 14.4 Å². The molecule has 0 bridgehead atoms. The summed E-state index contributed by atoms with van der Waals surface area (Å²) in [7, 11) is 1.64. The van der Waals surface area contributed by atoms with E-state index in [1.807, 2.05) is 0 Å². The monoisotopic (exact) mass is 259 g/mol. The summed E-state index contributed by atoms with van der Waals surface area (Å²) in [5.74, 6) is -0.212. The third-order valence-corrected chi connectivity index (χ3v) is 2.71. The van der Waals surface area contributed by atoms with E-state index in [2.05, 4.69) is 5.16 Å². The Labute approximate surface area is 109 Å². The van der Waals surface area contributed by atoms with E-state index in [0.717, 1.165) is 0 Å². The minimum Gasteiger partial charge on any atom is -0.472 e. The van der Waals surface area contributed by atoms with Crippen molar-refractivity contribution in [1.82, 2.24) is 0 Å². The lowest BCUT2D eigenvalue weighted by molar-refractivity contribution is 0.0992. The lowest BCUT2D eigenvalue weighted by Gasteiger charge is -2.17. The van der Waals surface area contributed by atoms with Crippen molar-refractivity contribution in [1.29, 1.82) is 0 Å². The molecule has 2 aromatic rings. The Kier molecular flexibility index (Phi) is 3.51. The van der Waals surface area contributed by atoms with Crippen LogP contribution >= 0.6 is 0 Å². The van der Waals surface area contributed by atoms with Gasteiger partial charge in [-0.2, -0.15) is 0 Å². The molecule has 0 aliphatic heterocycles. The number of carbonyl (C=O) groups is 1. The number of hydrogen-bond acceptors (Lipinski definition) is 4. The number of carbonyl (C=O) groups excluding carboxylic acids is 1. The summed E-state index contributed by atoms with van der Waals surface area (Å²) < 4.78 is 4.88. The van der Waals surface area contributed by atoms with E-state index >= 15 is 0 Å². The second-order valence-corrected chi connectivity index (χ2v) is 3.91. The second-order valence-electron chi connectivity index (χ2n) is 3.91. The van der Waals surface area contributed by atoms with Crippen LogP contribution in [0.5, 0.6) is 0 Å². The summed E-state index contributed by atoms with van der Waals surface area (Å²) in [6.45, 7) is 0. The van der Waals surface area contributed by atoms with Crippen molar-refractivity contribution in [2.75, 3.05) is 11.9 Å². The highest BCUT2D eigenvalue weighted by atomic mass is 16.4. The molecule has 0 atom stereocenters. The Morgan fingerprint density at radius 3 is 2.79 bits per heavy atom. The van der Waals surface area contributed by atoms with E-state index < -0.39 is 0 Å². The number of hydrogen-bond donors (Lipinski definition) is 2. The molecule has 19 heavy (non-hydrogen) atoms. The quantitative estimate of drug-likeness (QED) is 0.379. The van der Waals surface area contributed by atoms with Gasteiger partial charge >= 0.3 is 0 Å². The van der Waals surface area contributed by atoms with Crippen LogP contribution < -0.4 is 10.6 Å². The first-order valence-corrected chi connectivity index (χ1v) is 5.51. The summed E-state index contributed by atoms with van der Waals surface area (Å²) in [6, 6.07) is 8.42. The molecule has 0 spiro atoms. The molecule has 0 unspecified atom stereocenters. The van der Waals surface area contributed by atoms with Gasteiger partial charge in [0, 0.05) is 18.3 Å². The lowest BCUT2D eigenvalue weighted by Crippen LogP contribution is -2.26. The van der Waals surface area contributed by atoms with Crippen LogP contribution in [-0.4, -0.2) is 24.0 Å². The van der Waals surface area contributed by atoms with Crippen LogP contribution in [0.25, 0.3) is 0 Å². The van der Waals surface area contributed by atoms with Crippen LogP contribution in [0.15, 0.2) is 52.4 Å². The van der Waals surface area contributed by atoms with E-state index in [0.29, 0.717) is 16.8 Å². The smallest absolute Gasteiger partial charge is 0.261 e. The van der Waals surface area contributed by atoms with Gasteiger partial charge < -0.3 is 20.3 Å². The fraction of sp³-hybridized carbons (Fsp3) is 0.0769. The van der Waals surface area contributed by atoms with Crippen molar-refractivity contribution in [3.8, 4) is 0 Å². The Bertz CT molecular complexity index is 605. The Morgan fingerprint density at radius 2 is 2.16 bits per heavy atom. The zero-order chi connectivity index (χ0) is 13.8. The van der Waals surface area contributed by atoms with Crippen molar-refractivity contribution in [2.24, 2.45) is 10.9 Å². The van der Waals surface area contributed by atoms with Crippen LogP contribution in [0.3, 0.4) is 0 Å². The SMILES string of the molecule is CN(C(=O)c1ccoc1)c1cccc(C(N)=NO)c1. The van der Waals surface area contributed by atoms with E-state index in [4.69, 9.17) is 15.4 Å². The number of anilines is 1. The van der Waals surface area contributed by atoms with Gasteiger partial charge in [-0.1, -0.05) is 17.3 Å². The summed E-state index contributed by atoms with van der Waals surface area (Å²) in [5, 5.41) is 11.6. The van der Waals surface area contributed by atoms with Gasteiger partial charge in [0.05, 0.1) is 11.8 Å². The third-order valence-electron chi connectivity index (χ3n) is 2.71. The van der Waals surface area contributed by atoms with Gasteiger partial charge in [0.15, 0.2) is 5.84 Å². The summed E-state index contributed by atoms with van der Waals surface area (Å²) >= 11 is 0. The molecule has 0 fully saturated rings. The predicted molar refractivity (Wildman–Crippen MR) is 70.4 cm³/mol. The second kappa shape index (κ2) is 5.26. The summed E-state index contributed by atoms with van der Waals surface area (Å²) in [5.41, 5.74) is 7.14. The topological polar surface area (TPSA) is 92.1 Å². The van der Waals surface area contributed by atoms with E-state index in [-0.39, 0.29) is 11.7 Å². The van der Waals surface area contributed by atoms with Crippen LogP contribution in [0.4, 0.5) is 5.69 Å². The Hall–Kier alpha value is -2.76. The van der Waals surface area contributed by atoms with Crippen molar-refractivity contribution in [3.63, 3.8) is 0 Å². The molecule has 98 valence electrons. The highest BCUT2D eigenvalue weighted by Crippen LogP contribution is 2.17. The first-order valence-electron chi connectivity index (χ1n) is 5.51. The first kappa shape index (κ1) is 12.7. The largest absolute Gasteiger partial charge is 0.472 e. The highest BCUT2D eigenvalue weighted by Gasteiger charge is 2.15. The maximum atomic E-state index is 12.1. The molecule has 1 aromatic heterocycles. The number of oxime groups is 1. The molecule has 2 rings (SSSR count). The zero-order valence-electron chi connectivity index (χ0n) is 10.3. The highest BCUT2D eigenvalue weighted by molar-refractivity contribution is 6.06. The molecule has 6 heteroatoms. The predicted octanol–water partition coefficient (Wildman–Crippen LogP) is 1.65. The molecule has 3 N–H and O–H groups in total. The molecule has 1 heterocycles. The molecule has 0 saturated heterocycles. The van der Waals surface area contributed by atoms with Crippen LogP contribution in [0, 0.1) is 0 Å². The van der Waals surface area contributed by atoms with Crippen LogP contribution in [0.1, 0.15) is 15.9 Å². The maximum Gasteiger partial charge on any atom is 0.261 e. The van der Waals surface area contributed by atoms with E-state index in [9.17, 15) is 4.79 Å². The van der Waals surface area contributed by atoms with Gasteiger partial charge in [-0.3, -0.25) is 4.79 Å². The number of nitrogens with two attached hydrogens (primary N) is 1. The maximum absolute atomic E-state index is 12.1. The van der Waals surface area contributed by atoms with Gasteiger partial charge in [0.1, 0.15) is 6.26 Å². The Balaban J connectivity index is 2.29. The molecule has 0 radical (unpaired) electrons. The fourth-order valence-electron chi connectivity index (χ4n) is 1.63. The number of benzene rings is 1. The van der Waals surface area contributed by atoms with Crippen molar-refractivity contribution in [3.05, 3.63) is 54.0 Å². The van der Waals surface area contributed by atoms with Crippen LogP contribution in [0.2, 0.25) is 0 Å². The van der Waals surface area contributed by atoms with Crippen LogP contribution in [-0.2, 0) is 0 Å². The minimum atomic E-state index is -0.203. The summed E-state index contributed by atoms with van der Waals surface area (Å²) in [6.07, 6.45) is 2.82. The molecule has 0 saturated carbocycles. The average Bonchev–Trinajstić information content (AvgIpc) is 2.99. The van der Waals surface area contributed by atoms with Gasteiger partial charge in [0.25, 0.3) is 5.91 Å². The minimum absolute atomic E-state index is 0.00832. The number of nitrogens with zero attached hydrogens (tertiary/aromatic N) is 2. The molecule has 0 aliphatic carbocycles. The van der Waals surface area contributed by atoms with Gasteiger partial charge in [-0.25, -0.2) is 0 Å². The lowest BCUT2D eigenvalue weighted by atomic mass is 10.1. The Morgan fingerprint density at radius 1 is 1.37 bits per heavy atom. The number of amidine groups is 1. The van der Waals surface area contributed by atoms with E-state index in [1.165, 1.54) is 17.4 Å². The standard InChI is InChI=1S/C13H13N3O3/c1-16(13(17)10-5-6-19-8-10)11-4-2-3-9(7-11)12(14)15-18/h2-8,18H,1H3,(H2,14,15).